The quantitative estimate of drug-likeness (QED) is 0.454. The number of hydrogen-bond donors (Lipinski definition) is 3. The Bertz CT molecular complexity index is 661. The standard InChI is InChI=1S/C13H11FN2O4/c14-10-3-2-9(16(19)20)6-11(10)15-7-8-1-4-12(17)13(18)5-8/h1-6,15,17-18H,7H2. The number of rotatable bonds is 4. The zero-order chi connectivity index (χ0) is 14.7. The Hall–Kier alpha value is -2.83. The maximum Gasteiger partial charge on any atom is 0.271 e. The van der Waals surface area contributed by atoms with Gasteiger partial charge in [-0.05, 0) is 23.8 Å². The lowest BCUT2D eigenvalue weighted by atomic mass is 10.2. The van der Waals surface area contributed by atoms with Gasteiger partial charge in [0.05, 0.1) is 10.6 Å². The van der Waals surface area contributed by atoms with Crippen LogP contribution in [0.3, 0.4) is 0 Å². The van der Waals surface area contributed by atoms with Gasteiger partial charge in [-0.1, -0.05) is 6.07 Å². The van der Waals surface area contributed by atoms with E-state index in [-0.39, 0.29) is 29.4 Å². The van der Waals surface area contributed by atoms with Gasteiger partial charge in [0, 0.05) is 18.7 Å². The van der Waals surface area contributed by atoms with Gasteiger partial charge in [-0.15, -0.1) is 0 Å². The molecule has 20 heavy (non-hydrogen) atoms. The molecule has 2 rings (SSSR count). The van der Waals surface area contributed by atoms with E-state index in [1.165, 1.54) is 18.2 Å². The van der Waals surface area contributed by atoms with Gasteiger partial charge in [0.25, 0.3) is 5.69 Å². The molecule has 0 saturated heterocycles. The van der Waals surface area contributed by atoms with Crippen LogP contribution in [0, 0.1) is 15.9 Å². The maximum absolute atomic E-state index is 13.5. The lowest BCUT2D eigenvalue weighted by Crippen LogP contribution is -2.02. The van der Waals surface area contributed by atoms with Crippen molar-refractivity contribution in [3.63, 3.8) is 0 Å². The molecule has 0 unspecified atom stereocenters. The first-order valence-electron chi connectivity index (χ1n) is 5.66. The number of nitrogens with one attached hydrogen (secondary N) is 1. The Kier molecular flexibility index (Phi) is 3.69. The minimum atomic E-state index is -0.614. The molecule has 6 nitrogen and oxygen atoms in total. The van der Waals surface area contributed by atoms with Crippen LogP contribution in [-0.4, -0.2) is 15.1 Å². The second-order valence-corrected chi connectivity index (χ2v) is 4.10. The molecule has 0 atom stereocenters. The Morgan fingerprint density at radius 3 is 2.55 bits per heavy atom. The highest BCUT2D eigenvalue weighted by Gasteiger charge is 2.10. The second-order valence-electron chi connectivity index (χ2n) is 4.10. The Labute approximate surface area is 113 Å². The van der Waals surface area contributed by atoms with E-state index in [4.69, 9.17) is 5.11 Å². The minimum absolute atomic E-state index is 0.00763. The summed E-state index contributed by atoms with van der Waals surface area (Å²) in [5.74, 6) is -1.15. The summed E-state index contributed by atoms with van der Waals surface area (Å²) in [6, 6.07) is 7.34. The van der Waals surface area contributed by atoms with Gasteiger partial charge in [-0.2, -0.15) is 0 Å². The van der Waals surface area contributed by atoms with E-state index >= 15 is 0 Å². The van der Waals surface area contributed by atoms with Gasteiger partial charge < -0.3 is 15.5 Å². The molecule has 0 aliphatic rings. The second kappa shape index (κ2) is 5.43. The van der Waals surface area contributed by atoms with Crippen LogP contribution in [0.15, 0.2) is 36.4 Å². The number of nitro groups is 1. The van der Waals surface area contributed by atoms with Crippen LogP contribution in [-0.2, 0) is 6.54 Å². The molecule has 0 radical (unpaired) electrons. The normalized spacial score (nSPS) is 10.2. The summed E-state index contributed by atoms with van der Waals surface area (Å²) in [5, 5.41) is 31.8. The van der Waals surface area contributed by atoms with E-state index in [9.17, 15) is 19.6 Å². The predicted molar refractivity (Wildman–Crippen MR) is 70.2 cm³/mol. The number of nitrogens with zero attached hydrogens (tertiary/aromatic N) is 1. The molecule has 2 aromatic carbocycles. The van der Waals surface area contributed by atoms with Crippen molar-refractivity contribution in [2.24, 2.45) is 0 Å². The topological polar surface area (TPSA) is 95.6 Å². The average molecular weight is 278 g/mol. The molecule has 0 saturated carbocycles. The first-order chi connectivity index (χ1) is 9.47. The number of phenols is 2. The summed E-state index contributed by atoms with van der Waals surface area (Å²) in [6.45, 7) is 0.145. The number of benzene rings is 2. The molecule has 7 heteroatoms. The largest absolute Gasteiger partial charge is 0.504 e. The molecule has 0 bridgehead atoms. The summed E-state index contributed by atoms with van der Waals surface area (Å²) in [5.41, 5.74) is 0.362. The van der Waals surface area contributed by atoms with E-state index in [0.717, 1.165) is 18.2 Å². The van der Waals surface area contributed by atoms with Crippen LogP contribution >= 0.6 is 0 Å². The first kappa shape index (κ1) is 13.6. The van der Waals surface area contributed by atoms with Crippen LogP contribution in [0.4, 0.5) is 15.8 Å². The Morgan fingerprint density at radius 2 is 1.90 bits per heavy atom. The fourth-order valence-electron chi connectivity index (χ4n) is 1.64. The van der Waals surface area contributed by atoms with Gasteiger partial charge in [-0.25, -0.2) is 4.39 Å². The molecule has 0 aliphatic heterocycles. The minimum Gasteiger partial charge on any atom is -0.504 e. The highest BCUT2D eigenvalue weighted by Crippen LogP contribution is 2.26. The van der Waals surface area contributed by atoms with Gasteiger partial charge in [0.1, 0.15) is 5.82 Å². The van der Waals surface area contributed by atoms with Crippen molar-refractivity contribution >= 4 is 11.4 Å². The third kappa shape index (κ3) is 2.94. The molecule has 0 heterocycles. The molecule has 0 spiro atoms. The van der Waals surface area contributed by atoms with Crippen LogP contribution in [0.1, 0.15) is 5.56 Å². The first-order valence-corrected chi connectivity index (χ1v) is 5.66. The van der Waals surface area contributed by atoms with Crippen LogP contribution in [0.5, 0.6) is 11.5 Å². The smallest absolute Gasteiger partial charge is 0.271 e. The zero-order valence-electron chi connectivity index (χ0n) is 10.2. The lowest BCUT2D eigenvalue weighted by Gasteiger charge is -2.08. The van der Waals surface area contributed by atoms with Crippen molar-refractivity contribution in [1.29, 1.82) is 0 Å². The van der Waals surface area contributed by atoms with Crippen molar-refractivity contribution in [3.05, 3.63) is 57.9 Å². The third-order valence-corrected chi connectivity index (χ3v) is 2.68. The molecule has 0 aromatic heterocycles. The van der Waals surface area contributed by atoms with Gasteiger partial charge >= 0.3 is 0 Å². The molecule has 3 N–H and O–H groups in total. The summed E-state index contributed by atoms with van der Waals surface area (Å²) in [4.78, 5) is 10.0. The fraction of sp³-hybridized carbons (Fsp3) is 0.0769. The third-order valence-electron chi connectivity index (χ3n) is 2.68. The fourth-order valence-corrected chi connectivity index (χ4v) is 1.64. The number of nitro benzene ring substituents is 1. The van der Waals surface area contributed by atoms with Gasteiger partial charge in [0.15, 0.2) is 11.5 Å². The molecule has 104 valence electrons. The Morgan fingerprint density at radius 1 is 1.15 bits per heavy atom. The highest BCUT2D eigenvalue weighted by molar-refractivity contribution is 5.53. The predicted octanol–water partition coefficient (Wildman–Crippen LogP) is 2.76. The summed E-state index contributed by atoms with van der Waals surface area (Å²) in [7, 11) is 0. The number of non-ortho nitro benzene ring substituents is 1. The van der Waals surface area contributed by atoms with Crippen LogP contribution in [0.2, 0.25) is 0 Å². The average Bonchev–Trinajstić information content (AvgIpc) is 2.41. The number of hydrogen-bond acceptors (Lipinski definition) is 5. The van der Waals surface area contributed by atoms with Crippen molar-refractivity contribution in [2.45, 2.75) is 6.54 Å². The van der Waals surface area contributed by atoms with E-state index < -0.39 is 10.7 Å². The van der Waals surface area contributed by atoms with E-state index in [1.54, 1.807) is 0 Å². The van der Waals surface area contributed by atoms with Crippen LogP contribution < -0.4 is 5.32 Å². The highest BCUT2D eigenvalue weighted by atomic mass is 19.1. The van der Waals surface area contributed by atoms with E-state index in [1.807, 2.05) is 0 Å². The SMILES string of the molecule is O=[N+]([O-])c1ccc(F)c(NCc2ccc(O)c(O)c2)c1. The molecule has 0 fully saturated rings. The van der Waals surface area contributed by atoms with Crippen molar-refractivity contribution in [2.75, 3.05) is 5.32 Å². The zero-order valence-corrected chi connectivity index (χ0v) is 10.2. The number of phenolic OH excluding ortho intramolecular Hbond substituents is 2. The molecule has 2 aromatic rings. The van der Waals surface area contributed by atoms with Gasteiger partial charge in [0.2, 0.25) is 0 Å². The van der Waals surface area contributed by atoms with E-state index in [2.05, 4.69) is 5.32 Å². The number of anilines is 1. The van der Waals surface area contributed by atoms with Crippen molar-refractivity contribution in [1.82, 2.24) is 0 Å². The number of halogens is 1. The lowest BCUT2D eigenvalue weighted by molar-refractivity contribution is -0.384. The van der Waals surface area contributed by atoms with Crippen molar-refractivity contribution in [3.8, 4) is 11.5 Å². The monoisotopic (exact) mass is 278 g/mol. The molecular formula is C13H11FN2O4. The maximum atomic E-state index is 13.5. The van der Waals surface area contributed by atoms with Gasteiger partial charge in [-0.3, -0.25) is 10.1 Å². The number of aromatic hydroxyl groups is 2. The van der Waals surface area contributed by atoms with Crippen LogP contribution in [0.25, 0.3) is 0 Å². The Balaban J connectivity index is 2.15. The van der Waals surface area contributed by atoms with E-state index in [0.29, 0.717) is 5.56 Å². The molecule has 0 amide bonds. The summed E-state index contributed by atoms with van der Waals surface area (Å²) < 4.78 is 13.5. The summed E-state index contributed by atoms with van der Waals surface area (Å²) >= 11 is 0. The summed E-state index contributed by atoms with van der Waals surface area (Å²) in [6.07, 6.45) is 0. The molecule has 0 aliphatic carbocycles. The van der Waals surface area contributed by atoms with Crippen molar-refractivity contribution < 1.29 is 19.5 Å². The molecular weight excluding hydrogens is 267 g/mol.